The van der Waals surface area contributed by atoms with Crippen molar-refractivity contribution in [1.82, 2.24) is 14.8 Å². The Balaban J connectivity index is 1.57. The molecule has 0 unspecified atom stereocenters. The van der Waals surface area contributed by atoms with Gasteiger partial charge in [-0.1, -0.05) is 54.2 Å². The highest BCUT2D eigenvalue weighted by Crippen LogP contribution is 2.26. The van der Waals surface area contributed by atoms with Crippen LogP contribution in [-0.2, 0) is 6.54 Å². The molecule has 0 saturated heterocycles. The van der Waals surface area contributed by atoms with E-state index >= 15 is 0 Å². The van der Waals surface area contributed by atoms with Gasteiger partial charge in [0.1, 0.15) is 5.75 Å². The summed E-state index contributed by atoms with van der Waals surface area (Å²) < 4.78 is 12.7. The van der Waals surface area contributed by atoms with Crippen molar-refractivity contribution in [2.45, 2.75) is 11.7 Å². The normalized spacial score (nSPS) is 10.8. The van der Waals surface area contributed by atoms with E-state index in [1.54, 1.807) is 25.5 Å². The monoisotopic (exact) mass is 405 g/mol. The molecule has 2 aromatic heterocycles. The van der Waals surface area contributed by atoms with Gasteiger partial charge < -0.3 is 9.15 Å². The Morgan fingerprint density at radius 1 is 1.07 bits per heavy atom. The minimum Gasteiger partial charge on any atom is -0.497 e. The standard InChI is InChI=1S/C22H19N3O3S/c1-27-18-10-5-9-17(13-18)19(26)15-29-22-24-23-21(20-11-6-12-28-20)25(22)14-16-7-3-2-4-8-16/h2-13H,14-15H2,1H3. The zero-order valence-corrected chi connectivity index (χ0v) is 16.6. The summed E-state index contributed by atoms with van der Waals surface area (Å²) in [5.74, 6) is 2.18. The average Bonchev–Trinajstić information content (AvgIpc) is 3.43. The second kappa shape index (κ2) is 8.79. The number of rotatable bonds is 8. The summed E-state index contributed by atoms with van der Waals surface area (Å²) in [5.41, 5.74) is 1.72. The first-order valence-corrected chi connectivity index (χ1v) is 10.0. The summed E-state index contributed by atoms with van der Waals surface area (Å²) in [6.45, 7) is 0.583. The van der Waals surface area contributed by atoms with Crippen molar-refractivity contribution in [1.29, 1.82) is 0 Å². The molecule has 0 radical (unpaired) electrons. The topological polar surface area (TPSA) is 70.2 Å². The largest absolute Gasteiger partial charge is 0.497 e. The molecular weight excluding hydrogens is 386 g/mol. The van der Waals surface area contributed by atoms with E-state index in [9.17, 15) is 4.79 Å². The predicted molar refractivity (Wildman–Crippen MR) is 111 cm³/mol. The molecular formula is C22H19N3O3S. The highest BCUT2D eigenvalue weighted by atomic mass is 32.2. The Kier molecular flexibility index (Phi) is 5.76. The van der Waals surface area contributed by atoms with E-state index in [0.717, 1.165) is 5.56 Å². The lowest BCUT2D eigenvalue weighted by molar-refractivity contribution is 0.102. The highest BCUT2D eigenvalue weighted by molar-refractivity contribution is 7.99. The quantitative estimate of drug-likeness (QED) is 0.316. The van der Waals surface area contributed by atoms with Gasteiger partial charge in [0.2, 0.25) is 5.82 Å². The van der Waals surface area contributed by atoms with Gasteiger partial charge in [-0.15, -0.1) is 10.2 Å². The molecule has 4 rings (SSSR count). The smallest absolute Gasteiger partial charge is 0.200 e. The minimum atomic E-state index is 0.00251. The molecule has 0 aliphatic carbocycles. The Bertz CT molecular complexity index is 1090. The predicted octanol–water partition coefficient (Wildman–Crippen LogP) is 4.57. The summed E-state index contributed by atoms with van der Waals surface area (Å²) in [6.07, 6.45) is 1.61. The summed E-state index contributed by atoms with van der Waals surface area (Å²) in [7, 11) is 1.58. The van der Waals surface area contributed by atoms with Crippen LogP contribution in [0, 0.1) is 0 Å². The number of ketones is 1. The van der Waals surface area contributed by atoms with E-state index in [1.807, 2.05) is 59.2 Å². The van der Waals surface area contributed by atoms with Crippen molar-refractivity contribution >= 4 is 17.5 Å². The molecule has 0 saturated carbocycles. The van der Waals surface area contributed by atoms with E-state index < -0.39 is 0 Å². The second-order valence-corrected chi connectivity index (χ2v) is 7.24. The number of nitrogens with zero attached hydrogens (tertiary/aromatic N) is 3. The lowest BCUT2D eigenvalue weighted by Gasteiger charge is -2.09. The maximum Gasteiger partial charge on any atom is 0.200 e. The zero-order valence-electron chi connectivity index (χ0n) is 15.8. The third kappa shape index (κ3) is 4.41. The number of carbonyl (C=O) groups is 1. The van der Waals surface area contributed by atoms with Gasteiger partial charge in [0, 0.05) is 5.56 Å². The number of Topliss-reactive ketones (excluding diaryl/α,β-unsaturated/α-hetero) is 1. The molecule has 6 nitrogen and oxygen atoms in total. The van der Waals surface area contributed by atoms with Gasteiger partial charge in [0.05, 0.1) is 25.7 Å². The van der Waals surface area contributed by atoms with E-state index in [4.69, 9.17) is 9.15 Å². The van der Waals surface area contributed by atoms with Crippen molar-refractivity contribution < 1.29 is 13.9 Å². The number of aromatic nitrogens is 3. The fraction of sp³-hybridized carbons (Fsp3) is 0.136. The number of hydrogen-bond donors (Lipinski definition) is 0. The van der Waals surface area contributed by atoms with Crippen molar-refractivity contribution in [2.75, 3.05) is 12.9 Å². The summed E-state index contributed by atoms with van der Waals surface area (Å²) in [5, 5.41) is 9.27. The van der Waals surface area contributed by atoms with Gasteiger partial charge in [-0.2, -0.15) is 0 Å². The summed E-state index contributed by atoms with van der Waals surface area (Å²) >= 11 is 1.36. The molecule has 29 heavy (non-hydrogen) atoms. The number of methoxy groups -OCH3 is 1. The third-order valence-corrected chi connectivity index (χ3v) is 5.33. The first-order valence-electron chi connectivity index (χ1n) is 9.05. The van der Waals surface area contributed by atoms with Crippen molar-refractivity contribution in [3.8, 4) is 17.3 Å². The number of thioether (sulfide) groups is 1. The first-order chi connectivity index (χ1) is 14.2. The molecule has 2 heterocycles. The first kappa shape index (κ1) is 19.0. The third-order valence-electron chi connectivity index (χ3n) is 4.37. The number of benzene rings is 2. The fourth-order valence-electron chi connectivity index (χ4n) is 2.90. The molecule has 0 bridgehead atoms. The molecule has 2 aromatic carbocycles. The average molecular weight is 405 g/mol. The Hall–Kier alpha value is -3.32. The van der Waals surface area contributed by atoms with Crippen LogP contribution >= 0.6 is 11.8 Å². The van der Waals surface area contributed by atoms with Crippen LogP contribution < -0.4 is 4.74 Å². The van der Waals surface area contributed by atoms with Crippen LogP contribution in [0.1, 0.15) is 15.9 Å². The minimum absolute atomic E-state index is 0.00251. The van der Waals surface area contributed by atoms with Crippen LogP contribution in [0.25, 0.3) is 11.6 Å². The highest BCUT2D eigenvalue weighted by Gasteiger charge is 2.18. The Morgan fingerprint density at radius 2 is 1.93 bits per heavy atom. The molecule has 0 fully saturated rings. The number of ether oxygens (including phenoxy) is 1. The van der Waals surface area contributed by atoms with E-state index in [2.05, 4.69) is 10.2 Å². The SMILES string of the molecule is COc1cccc(C(=O)CSc2nnc(-c3ccco3)n2Cc2ccccc2)c1. The molecule has 0 spiro atoms. The molecule has 0 atom stereocenters. The van der Waals surface area contributed by atoms with Crippen LogP contribution in [-0.4, -0.2) is 33.4 Å². The van der Waals surface area contributed by atoms with Gasteiger partial charge in [-0.25, -0.2) is 0 Å². The van der Waals surface area contributed by atoms with E-state index in [1.165, 1.54) is 11.8 Å². The van der Waals surface area contributed by atoms with Crippen LogP contribution in [0.15, 0.2) is 82.6 Å². The van der Waals surface area contributed by atoms with E-state index in [-0.39, 0.29) is 11.5 Å². The Labute approximate surface area is 172 Å². The lowest BCUT2D eigenvalue weighted by atomic mass is 10.1. The van der Waals surface area contributed by atoms with Gasteiger partial charge in [-0.3, -0.25) is 9.36 Å². The summed E-state index contributed by atoms with van der Waals surface area (Å²) in [4.78, 5) is 12.6. The van der Waals surface area contributed by atoms with Crippen molar-refractivity contribution in [3.05, 3.63) is 84.1 Å². The number of carbonyl (C=O) groups excluding carboxylic acids is 1. The maximum absolute atomic E-state index is 12.6. The lowest BCUT2D eigenvalue weighted by Crippen LogP contribution is -2.07. The maximum atomic E-state index is 12.6. The Morgan fingerprint density at radius 3 is 2.69 bits per heavy atom. The molecule has 0 aliphatic heterocycles. The molecule has 0 N–H and O–H groups in total. The summed E-state index contributed by atoms with van der Waals surface area (Å²) in [6, 6.07) is 20.9. The van der Waals surface area contributed by atoms with Gasteiger partial charge in [0.15, 0.2) is 16.7 Å². The van der Waals surface area contributed by atoms with E-state index in [0.29, 0.717) is 34.6 Å². The van der Waals surface area contributed by atoms with Crippen LogP contribution in [0.3, 0.4) is 0 Å². The van der Waals surface area contributed by atoms with Gasteiger partial charge in [0.25, 0.3) is 0 Å². The number of hydrogen-bond acceptors (Lipinski definition) is 6. The molecule has 0 aliphatic rings. The van der Waals surface area contributed by atoms with Crippen LogP contribution in [0.5, 0.6) is 5.75 Å². The van der Waals surface area contributed by atoms with Crippen LogP contribution in [0.2, 0.25) is 0 Å². The second-order valence-electron chi connectivity index (χ2n) is 6.30. The molecule has 7 heteroatoms. The van der Waals surface area contributed by atoms with Crippen molar-refractivity contribution in [3.63, 3.8) is 0 Å². The number of furan rings is 1. The van der Waals surface area contributed by atoms with Crippen LogP contribution in [0.4, 0.5) is 0 Å². The van der Waals surface area contributed by atoms with Crippen molar-refractivity contribution in [2.24, 2.45) is 0 Å². The molecule has 0 amide bonds. The molecule has 146 valence electrons. The van der Waals surface area contributed by atoms with Gasteiger partial charge >= 0.3 is 0 Å². The zero-order chi connectivity index (χ0) is 20.1. The fourth-order valence-corrected chi connectivity index (χ4v) is 3.73. The molecule has 4 aromatic rings. The van der Waals surface area contributed by atoms with Gasteiger partial charge in [-0.05, 0) is 29.8 Å².